The maximum Gasteiger partial charge on any atom is 0.225 e. The maximum absolute atomic E-state index is 12.8. The van der Waals surface area contributed by atoms with E-state index >= 15 is 0 Å². The molecule has 2 rings (SSSR count). The first-order valence-corrected chi connectivity index (χ1v) is 9.66. The van der Waals surface area contributed by atoms with Crippen molar-refractivity contribution in [3.8, 4) is 0 Å². The van der Waals surface area contributed by atoms with Gasteiger partial charge in [-0.05, 0) is 57.3 Å². The molecule has 2 saturated carbocycles. The van der Waals surface area contributed by atoms with E-state index in [1.165, 1.54) is 51.4 Å². The zero-order valence-electron chi connectivity index (χ0n) is 13.7. The Hall–Kier alpha value is -0.240. The van der Waals surface area contributed by atoms with Crippen LogP contribution in [0.5, 0.6) is 0 Å². The van der Waals surface area contributed by atoms with Gasteiger partial charge >= 0.3 is 0 Å². The third-order valence-electron chi connectivity index (χ3n) is 5.49. The molecule has 0 saturated heterocycles. The predicted molar refractivity (Wildman–Crippen MR) is 89.7 cm³/mol. The van der Waals surface area contributed by atoms with Crippen molar-refractivity contribution in [2.24, 2.45) is 11.8 Å². The van der Waals surface area contributed by atoms with Crippen molar-refractivity contribution in [1.82, 2.24) is 4.90 Å². The van der Waals surface area contributed by atoms with E-state index in [0.29, 0.717) is 23.7 Å². The summed E-state index contributed by atoms with van der Waals surface area (Å²) in [6, 6.07) is 0.526. The van der Waals surface area contributed by atoms with Crippen LogP contribution in [-0.2, 0) is 4.79 Å². The van der Waals surface area contributed by atoms with Crippen molar-refractivity contribution in [3.63, 3.8) is 0 Å². The van der Waals surface area contributed by atoms with Crippen LogP contribution in [0.2, 0.25) is 0 Å². The molecule has 0 aromatic rings. The molecule has 0 aromatic heterocycles. The molecule has 2 aliphatic carbocycles. The van der Waals surface area contributed by atoms with Gasteiger partial charge in [0.25, 0.3) is 0 Å². The van der Waals surface area contributed by atoms with Gasteiger partial charge in [0.05, 0.1) is 0 Å². The summed E-state index contributed by atoms with van der Waals surface area (Å²) < 4.78 is 0. The van der Waals surface area contributed by atoms with Gasteiger partial charge < -0.3 is 4.90 Å². The molecule has 0 N–H and O–H groups in total. The molecule has 122 valence electrons. The number of carbonyl (C=O) groups excluding carboxylic acids is 1. The second-order valence-corrected chi connectivity index (χ2v) is 7.40. The van der Waals surface area contributed by atoms with Crippen molar-refractivity contribution in [3.05, 3.63) is 0 Å². The first-order chi connectivity index (χ1) is 10.3. The molecule has 0 aromatic carbocycles. The molecular formula is C18H32ClNO. The minimum Gasteiger partial charge on any atom is -0.339 e. The fourth-order valence-electron chi connectivity index (χ4n) is 3.83. The highest BCUT2D eigenvalue weighted by Crippen LogP contribution is 2.35. The minimum absolute atomic E-state index is 0.304. The molecule has 2 fully saturated rings. The molecular weight excluding hydrogens is 282 g/mol. The highest BCUT2D eigenvalue weighted by atomic mass is 35.5. The van der Waals surface area contributed by atoms with E-state index in [1.54, 1.807) is 0 Å². The standard InChI is InChI=1S/C18H32ClNO/c1-2-3-6-15-9-11-16(12-10-15)18(21)20(14-5-13-19)17-7-4-8-17/h15-17H,2-14H2,1H3. The van der Waals surface area contributed by atoms with Crippen LogP contribution in [0.1, 0.15) is 77.6 Å². The van der Waals surface area contributed by atoms with Crippen LogP contribution in [0.25, 0.3) is 0 Å². The summed E-state index contributed by atoms with van der Waals surface area (Å²) in [5.74, 6) is 2.30. The van der Waals surface area contributed by atoms with E-state index in [9.17, 15) is 4.79 Å². The lowest BCUT2D eigenvalue weighted by atomic mass is 9.78. The second-order valence-electron chi connectivity index (χ2n) is 7.02. The van der Waals surface area contributed by atoms with Crippen molar-refractivity contribution in [2.75, 3.05) is 12.4 Å². The van der Waals surface area contributed by atoms with E-state index in [0.717, 1.165) is 31.7 Å². The van der Waals surface area contributed by atoms with Gasteiger partial charge in [-0.3, -0.25) is 4.79 Å². The highest BCUT2D eigenvalue weighted by Gasteiger charge is 2.34. The van der Waals surface area contributed by atoms with E-state index in [-0.39, 0.29) is 0 Å². The number of unbranched alkanes of at least 4 members (excludes halogenated alkanes) is 1. The quantitative estimate of drug-likeness (QED) is 0.578. The average Bonchev–Trinajstić information content (AvgIpc) is 2.47. The molecule has 0 bridgehead atoms. The van der Waals surface area contributed by atoms with E-state index < -0.39 is 0 Å². The lowest BCUT2D eigenvalue weighted by Gasteiger charge is -2.40. The molecule has 0 heterocycles. The first-order valence-electron chi connectivity index (χ1n) is 9.12. The molecule has 0 aliphatic heterocycles. The summed E-state index contributed by atoms with van der Waals surface area (Å²) in [6.45, 7) is 3.14. The Balaban J connectivity index is 1.80. The van der Waals surface area contributed by atoms with Crippen LogP contribution in [0.15, 0.2) is 0 Å². The van der Waals surface area contributed by atoms with E-state index in [2.05, 4.69) is 11.8 Å². The van der Waals surface area contributed by atoms with Gasteiger partial charge in [-0.2, -0.15) is 0 Å². The molecule has 1 amide bonds. The number of amides is 1. The van der Waals surface area contributed by atoms with Crippen molar-refractivity contribution < 1.29 is 4.79 Å². The largest absolute Gasteiger partial charge is 0.339 e. The van der Waals surface area contributed by atoms with E-state index in [4.69, 9.17) is 11.6 Å². The number of rotatable bonds is 8. The van der Waals surface area contributed by atoms with Crippen LogP contribution in [0.3, 0.4) is 0 Å². The van der Waals surface area contributed by atoms with Gasteiger partial charge in [-0.25, -0.2) is 0 Å². The zero-order valence-corrected chi connectivity index (χ0v) is 14.4. The van der Waals surface area contributed by atoms with Gasteiger partial charge in [0, 0.05) is 24.4 Å². The Kier molecular flexibility index (Phi) is 7.36. The topological polar surface area (TPSA) is 20.3 Å². The van der Waals surface area contributed by atoms with Gasteiger partial charge in [-0.1, -0.05) is 26.2 Å². The van der Waals surface area contributed by atoms with Crippen LogP contribution in [0.4, 0.5) is 0 Å². The summed E-state index contributed by atoms with van der Waals surface area (Å²) in [5.41, 5.74) is 0. The van der Waals surface area contributed by atoms with Gasteiger partial charge in [0.15, 0.2) is 0 Å². The monoisotopic (exact) mass is 313 g/mol. The molecule has 21 heavy (non-hydrogen) atoms. The van der Waals surface area contributed by atoms with Crippen molar-refractivity contribution in [2.45, 2.75) is 83.6 Å². The minimum atomic E-state index is 0.304. The maximum atomic E-state index is 12.8. The molecule has 2 aliphatic rings. The summed E-state index contributed by atoms with van der Waals surface area (Å²) >= 11 is 5.83. The normalized spacial score (nSPS) is 26.4. The molecule has 0 atom stereocenters. The Labute approximate surface area is 135 Å². The lowest BCUT2D eigenvalue weighted by Crippen LogP contribution is -2.48. The Morgan fingerprint density at radius 3 is 2.33 bits per heavy atom. The summed E-state index contributed by atoms with van der Waals surface area (Å²) in [6.07, 6.45) is 13.5. The molecule has 0 radical (unpaired) electrons. The number of carbonyl (C=O) groups is 1. The van der Waals surface area contributed by atoms with Gasteiger partial charge in [0.2, 0.25) is 5.91 Å². The van der Waals surface area contributed by atoms with Crippen LogP contribution in [0, 0.1) is 11.8 Å². The smallest absolute Gasteiger partial charge is 0.225 e. The number of nitrogens with zero attached hydrogens (tertiary/aromatic N) is 1. The summed E-state index contributed by atoms with van der Waals surface area (Å²) in [4.78, 5) is 15.0. The summed E-state index contributed by atoms with van der Waals surface area (Å²) in [5, 5.41) is 0. The van der Waals surface area contributed by atoms with Gasteiger partial charge in [-0.15, -0.1) is 11.6 Å². The Bertz CT molecular complexity index is 308. The van der Waals surface area contributed by atoms with Crippen LogP contribution >= 0.6 is 11.6 Å². The predicted octanol–water partition coefficient (Wildman–Crippen LogP) is 4.99. The van der Waals surface area contributed by atoms with Crippen molar-refractivity contribution in [1.29, 1.82) is 0 Å². The fourth-order valence-corrected chi connectivity index (χ4v) is 3.95. The lowest BCUT2D eigenvalue weighted by molar-refractivity contribution is -0.141. The van der Waals surface area contributed by atoms with Crippen LogP contribution in [-0.4, -0.2) is 29.3 Å². The molecule has 2 nitrogen and oxygen atoms in total. The molecule has 0 unspecified atom stereocenters. The number of halogens is 1. The molecule has 3 heteroatoms. The summed E-state index contributed by atoms with van der Waals surface area (Å²) in [7, 11) is 0. The number of hydrogen-bond acceptors (Lipinski definition) is 1. The third kappa shape index (κ3) is 4.87. The van der Waals surface area contributed by atoms with Gasteiger partial charge in [0.1, 0.15) is 0 Å². The Morgan fingerprint density at radius 1 is 1.10 bits per heavy atom. The molecule has 0 spiro atoms. The average molecular weight is 314 g/mol. The highest BCUT2D eigenvalue weighted by molar-refractivity contribution is 6.17. The second kappa shape index (κ2) is 9.02. The number of hydrogen-bond donors (Lipinski definition) is 0. The Morgan fingerprint density at radius 2 is 1.81 bits per heavy atom. The third-order valence-corrected chi connectivity index (χ3v) is 5.76. The van der Waals surface area contributed by atoms with Crippen molar-refractivity contribution >= 4 is 17.5 Å². The van der Waals surface area contributed by atoms with Crippen LogP contribution < -0.4 is 0 Å². The fraction of sp³-hybridized carbons (Fsp3) is 0.944. The SMILES string of the molecule is CCCCC1CCC(C(=O)N(CCCCl)C2CCC2)CC1. The number of alkyl halides is 1. The zero-order chi connectivity index (χ0) is 15.1. The van der Waals surface area contributed by atoms with E-state index in [1.807, 2.05) is 0 Å². The first kappa shape index (κ1) is 17.1.